The summed E-state index contributed by atoms with van der Waals surface area (Å²) in [4.78, 5) is 75.0. The highest BCUT2D eigenvalue weighted by molar-refractivity contribution is 7.99. The third-order valence-corrected chi connectivity index (χ3v) is 13.3. The van der Waals surface area contributed by atoms with Gasteiger partial charge in [0.1, 0.15) is 41.6 Å². The fourth-order valence-electron chi connectivity index (χ4n) is 8.89. The highest BCUT2D eigenvalue weighted by atomic mass is 32.2. The number of benzene rings is 3. The van der Waals surface area contributed by atoms with Crippen molar-refractivity contribution in [3.8, 4) is 11.5 Å². The maximum atomic E-state index is 13.4. The Bertz CT molecular complexity index is 2800. The molecular weight excluding hydrogens is 889 g/mol. The molecule has 3 aromatic carbocycles. The topological polar surface area (TPSA) is 279 Å². The average Bonchev–Trinajstić information content (AvgIpc) is 3.97. The molecule has 21 heteroatoms. The van der Waals surface area contributed by atoms with Gasteiger partial charge in [-0.1, -0.05) is 24.6 Å². The Balaban J connectivity index is 0.685. The second-order valence-corrected chi connectivity index (χ2v) is 17.7. The van der Waals surface area contributed by atoms with Gasteiger partial charge in [-0.25, -0.2) is 19.7 Å². The summed E-state index contributed by atoms with van der Waals surface area (Å²) in [5.74, 6) is 0.898. The van der Waals surface area contributed by atoms with E-state index in [1.165, 1.54) is 54.7 Å². The second-order valence-electron chi connectivity index (χ2n) is 16.6. The molecule has 1 spiro atoms. The van der Waals surface area contributed by atoms with Crippen molar-refractivity contribution in [1.29, 1.82) is 0 Å². The fourth-order valence-corrected chi connectivity index (χ4v) is 9.81. The average molecular weight is 935 g/mol. The molecule has 9 rings (SSSR count). The molecule has 5 atom stereocenters. The van der Waals surface area contributed by atoms with Gasteiger partial charge in [0.05, 0.1) is 29.3 Å². The van der Waals surface area contributed by atoms with Gasteiger partial charge in [0.2, 0.25) is 5.91 Å². The Hall–Kier alpha value is -6.94. The zero-order chi connectivity index (χ0) is 46.8. The summed E-state index contributed by atoms with van der Waals surface area (Å²) in [6.45, 7) is 1.07. The first-order valence-electron chi connectivity index (χ1n) is 21.8. The molecule has 0 bridgehead atoms. The van der Waals surface area contributed by atoms with Crippen LogP contribution in [0.1, 0.15) is 88.6 Å². The van der Waals surface area contributed by atoms with Crippen LogP contribution in [0.4, 0.5) is 11.5 Å². The van der Waals surface area contributed by atoms with Crippen LogP contribution in [-0.4, -0.2) is 106 Å². The number of nitrogens with zero attached hydrogens (tertiary/aromatic N) is 5. The number of carbonyl (C=O) groups is 4. The maximum Gasteiger partial charge on any atom is 0.340 e. The van der Waals surface area contributed by atoms with Crippen LogP contribution >= 0.6 is 11.8 Å². The number of esters is 1. The lowest BCUT2D eigenvalue weighted by Crippen LogP contribution is -2.38. The monoisotopic (exact) mass is 934 g/mol. The number of aromatic hydroxyl groups is 1. The van der Waals surface area contributed by atoms with Crippen molar-refractivity contribution in [2.75, 3.05) is 29.9 Å². The molecule has 4 aliphatic rings. The Morgan fingerprint density at radius 1 is 0.940 bits per heavy atom. The number of aliphatic hydroxyl groups is 2. The number of hydrogen-bond acceptors (Lipinski definition) is 17. The molecule has 5 aromatic rings. The molecule has 1 unspecified atom stereocenters. The Kier molecular flexibility index (Phi) is 12.9. The van der Waals surface area contributed by atoms with Crippen molar-refractivity contribution in [1.82, 2.24) is 30.2 Å². The normalized spacial score (nSPS) is 21.6. The first kappa shape index (κ1) is 45.2. The Morgan fingerprint density at radius 3 is 2.58 bits per heavy atom. The van der Waals surface area contributed by atoms with E-state index in [1.807, 2.05) is 0 Å². The molecule has 1 fully saturated rings. The lowest BCUT2D eigenvalue weighted by Gasteiger charge is -2.40. The van der Waals surface area contributed by atoms with Crippen LogP contribution in [0.5, 0.6) is 11.5 Å². The summed E-state index contributed by atoms with van der Waals surface area (Å²) in [6, 6.07) is 15.5. The van der Waals surface area contributed by atoms with Crippen LogP contribution in [-0.2, 0) is 31.2 Å². The molecule has 3 aliphatic heterocycles. The van der Waals surface area contributed by atoms with Gasteiger partial charge in [0.25, 0.3) is 11.6 Å². The summed E-state index contributed by atoms with van der Waals surface area (Å²) in [5, 5.41) is 51.8. The molecule has 67 heavy (non-hydrogen) atoms. The fraction of sp³-hybridized carbons (Fsp3) is 0.370. The van der Waals surface area contributed by atoms with Gasteiger partial charge in [-0.3, -0.25) is 29.1 Å². The number of nitro groups is 1. The van der Waals surface area contributed by atoms with E-state index >= 15 is 0 Å². The molecule has 6 N–H and O–H groups in total. The zero-order valence-electron chi connectivity index (χ0n) is 35.9. The molecule has 20 nitrogen and oxygen atoms in total. The molecule has 2 amide bonds. The SMILES string of the molecule is O=C1CCC2=C(C1)Oc1cc(O)ccc1C21OC(=O)c2cc(C(=O)NCCCCCC(=O)NCCSC[C@H]3O[C@@H](n4cnc5c(NCc6ccc([N+](=O)[O-])cc6)ncnc54)[C@H](O)[C@@H]3O)ccc21. The van der Waals surface area contributed by atoms with Gasteiger partial charge < -0.3 is 45.5 Å². The predicted molar refractivity (Wildman–Crippen MR) is 240 cm³/mol. The van der Waals surface area contributed by atoms with Gasteiger partial charge >= 0.3 is 5.97 Å². The number of Topliss-reactive ketones (excluding diaryl/α,β-unsaturated/α-hetero) is 1. The Morgan fingerprint density at radius 2 is 1.76 bits per heavy atom. The van der Waals surface area contributed by atoms with E-state index in [2.05, 4.69) is 30.9 Å². The van der Waals surface area contributed by atoms with E-state index in [0.717, 1.165) is 5.56 Å². The predicted octanol–water partition coefficient (Wildman–Crippen LogP) is 4.32. The van der Waals surface area contributed by atoms with Crippen molar-refractivity contribution in [2.24, 2.45) is 0 Å². The number of anilines is 1. The standard InChI is InChI=1S/C46H46N8O12S/c55-28-10-13-32-34(19-28)64-35-20-29(56)11-14-33(35)46(32)31-12-7-26(18-30(31)45(61)66-46)43(60)48-15-3-1-2-4-37(57)47-16-17-67-22-36-39(58)40(59)44(65-36)53-24-52-38-41(50-23-51-42(38)53)49-21-25-5-8-27(9-6-25)54(62)63/h5-10,12-13,18-19,23-24,36,39-40,44,55,58-59H,1-4,11,14-17,20-22H2,(H,47,57)(H,48,60)(H,49,50,51)/t36-,39-,40-,44-,46?/m1/s1. The number of amides is 2. The van der Waals surface area contributed by atoms with E-state index in [1.54, 1.807) is 34.9 Å². The van der Waals surface area contributed by atoms with Crippen LogP contribution in [0.3, 0.4) is 0 Å². The van der Waals surface area contributed by atoms with Gasteiger partial charge in [-0.2, -0.15) is 11.8 Å². The van der Waals surface area contributed by atoms with Crippen LogP contribution in [0.25, 0.3) is 11.2 Å². The minimum atomic E-state index is -1.34. The number of aromatic nitrogens is 4. The smallest absolute Gasteiger partial charge is 0.340 e. The number of phenolic OH excluding ortho intramolecular Hbond substituents is 1. The number of unbranched alkanes of at least 4 members (excludes halogenated alkanes) is 2. The number of imidazole rings is 1. The highest BCUT2D eigenvalue weighted by Gasteiger charge is 2.55. The number of hydrogen-bond donors (Lipinski definition) is 6. The number of rotatable bonds is 17. The first-order valence-corrected chi connectivity index (χ1v) is 23.0. The number of nitro benzene ring substituents is 1. The number of nitrogens with one attached hydrogen (secondary N) is 3. The van der Waals surface area contributed by atoms with Crippen LogP contribution in [0, 0.1) is 10.1 Å². The van der Waals surface area contributed by atoms with E-state index in [0.29, 0.717) is 108 Å². The van der Waals surface area contributed by atoms with E-state index in [9.17, 15) is 44.6 Å². The molecule has 2 aromatic heterocycles. The van der Waals surface area contributed by atoms with Gasteiger partial charge in [0.15, 0.2) is 28.8 Å². The number of ether oxygens (including phenoxy) is 3. The van der Waals surface area contributed by atoms with Crippen LogP contribution in [0.15, 0.2) is 84.7 Å². The second kappa shape index (κ2) is 19.1. The number of non-ortho nitro benzene ring substituents is 1. The molecule has 1 aliphatic carbocycles. The maximum absolute atomic E-state index is 13.4. The zero-order valence-corrected chi connectivity index (χ0v) is 36.7. The number of phenols is 1. The van der Waals surface area contributed by atoms with E-state index in [4.69, 9.17) is 14.2 Å². The summed E-state index contributed by atoms with van der Waals surface area (Å²) in [6.07, 6.45) is 1.60. The molecule has 0 saturated carbocycles. The van der Waals surface area contributed by atoms with Gasteiger partial charge in [-0.05, 0) is 49.1 Å². The molecule has 1 saturated heterocycles. The quantitative estimate of drug-likeness (QED) is 0.0328. The van der Waals surface area contributed by atoms with Crippen molar-refractivity contribution in [2.45, 2.75) is 81.6 Å². The lowest BCUT2D eigenvalue weighted by molar-refractivity contribution is -0.384. The minimum absolute atomic E-state index is 0.00157. The van der Waals surface area contributed by atoms with Crippen molar-refractivity contribution in [3.63, 3.8) is 0 Å². The third-order valence-electron chi connectivity index (χ3n) is 12.3. The van der Waals surface area contributed by atoms with Crippen LogP contribution < -0.4 is 20.7 Å². The van der Waals surface area contributed by atoms with Crippen LogP contribution in [0.2, 0.25) is 0 Å². The molecule has 348 valence electrons. The van der Waals surface area contributed by atoms with Crippen molar-refractivity contribution >= 4 is 58.0 Å². The van der Waals surface area contributed by atoms with E-state index < -0.39 is 41.0 Å². The molecule has 5 heterocycles. The molecular formula is C46H46N8O12S. The summed E-state index contributed by atoms with van der Waals surface area (Å²) in [7, 11) is 0. The first-order chi connectivity index (χ1) is 32.4. The number of fused-ring (bicyclic) bond motifs is 6. The Labute approximate surface area is 386 Å². The number of allylic oxidation sites excluding steroid dienone is 1. The van der Waals surface area contributed by atoms with E-state index in [-0.39, 0.29) is 53.0 Å². The van der Waals surface area contributed by atoms with Crippen molar-refractivity contribution < 1.29 is 53.6 Å². The van der Waals surface area contributed by atoms with Crippen molar-refractivity contribution in [3.05, 3.63) is 123 Å². The highest BCUT2D eigenvalue weighted by Crippen LogP contribution is 2.56. The number of carbonyl (C=O) groups excluding carboxylic acids is 4. The minimum Gasteiger partial charge on any atom is -0.508 e. The number of thioether (sulfide) groups is 1. The van der Waals surface area contributed by atoms with Gasteiger partial charge in [0, 0.05) is 84.4 Å². The third kappa shape index (κ3) is 9.01. The summed E-state index contributed by atoms with van der Waals surface area (Å²) in [5.41, 5.74) is 2.50. The number of aliphatic hydroxyl groups excluding tert-OH is 2. The largest absolute Gasteiger partial charge is 0.508 e. The number of ketones is 1. The molecule has 0 radical (unpaired) electrons. The lowest BCUT2D eigenvalue weighted by atomic mass is 9.73. The van der Waals surface area contributed by atoms with Gasteiger partial charge in [-0.15, -0.1) is 0 Å². The summed E-state index contributed by atoms with van der Waals surface area (Å²) >= 11 is 1.46. The summed E-state index contributed by atoms with van der Waals surface area (Å²) < 4.78 is 19.8.